The lowest BCUT2D eigenvalue weighted by Crippen LogP contribution is -2.73. The minimum atomic E-state index is -3.52. The van der Waals surface area contributed by atoms with E-state index in [1.165, 1.54) is 26.3 Å². The van der Waals surface area contributed by atoms with Crippen molar-refractivity contribution in [2.24, 2.45) is 0 Å². The number of para-hydroxylation sites is 1. The Kier molecular flexibility index (Phi) is 5.64. The van der Waals surface area contributed by atoms with Crippen LogP contribution in [0.1, 0.15) is 13.8 Å². The van der Waals surface area contributed by atoms with E-state index in [0.29, 0.717) is 0 Å². The van der Waals surface area contributed by atoms with Gasteiger partial charge in [-0.3, -0.25) is 0 Å². The zero-order valence-corrected chi connectivity index (χ0v) is 30.7. The molecule has 0 N–H and O–H groups in total. The fourth-order valence-electron chi connectivity index (χ4n) is 9.23. The van der Waals surface area contributed by atoms with Crippen molar-refractivity contribution < 1.29 is 8.22 Å². The van der Waals surface area contributed by atoms with E-state index >= 15 is 0 Å². The third-order valence-corrected chi connectivity index (χ3v) is 17.2. The number of anilines is 3. The summed E-state index contributed by atoms with van der Waals surface area (Å²) in [6.45, 7) is 2.06. The highest BCUT2D eigenvalue weighted by molar-refractivity contribution is 8.00. The molecular weight excluding hydrogens is 674 g/mol. The normalized spacial score (nSPS) is 15.7. The molecule has 0 bridgehead atoms. The van der Waals surface area contributed by atoms with Crippen LogP contribution in [0, 0.1) is 6.92 Å². The molecule has 3 aliphatic heterocycles. The van der Waals surface area contributed by atoms with E-state index in [2.05, 4.69) is 121 Å². The van der Waals surface area contributed by atoms with Gasteiger partial charge in [-0.1, -0.05) is 175 Å². The van der Waals surface area contributed by atoms with Crippen molar-refractivity contribution in [1.29, 1.82) is 0 Å². The summed E-state index contributed by atoms with van der Waals surface area (Å²) in [5.74, 6) is 0. The molecule has 3 heterocycles. The lowest BCUT2D eigenvalue weighted by atomic mass is 9.34. The Balaban J connectivity index is 1.31. The van der Waals surface area contributed by atoms with Crippen LogP contribution >= 0.6 is 11.8 Å². The Morgan fingerprint density at radius 1 is 0.509 bits per heavy atom. The van der Waals surface area contributed by atoms with Crippen molar-refractivity contribution in [3.8, 4) is 22.3 Å². The number of benzene rings is 8. The third kappa shape index (κ3) is 4.40. The first-order chi connectivity index (χ1) is 28.6. The zero-order chi connectivity index (χ0) is 40.3. The maximum atomic E-state index is 8.94. The summed E-state index contributed by atoms with van der Waals surface area (Å²) in [4.78, 5) is 4.89. The highest BCUT2D eigenvalue weighted by Gasteiger charge is 2.51. The van der Waals surface area contributed by atoms with Crippen LogP contribution in [0.2, 0.25) is 0 Å². The van der Waals surface area contributed by atoms with E-state index in [4.69, 9.17) is 8.22 Å². The van der Waals surface area contributed by atoms with Gasteiger partial charge in [0.25, 0.3) is 0 Å². The molecule has 8 aromatic carbocycles. The summed E-state index contributed by atoms with van der Waals surface area (Å²) in [5.41, 5.74) is 12.4. The van der Waals surface area contributed by atoms with Crippen molar-refractivity contribution in [3.63, 3.8) is 0 Å². The first-order valence-electron chi connectivity index (χ1n) is 21.0. The second-order valence-corrected chi connectivity index (χ2v) is 18.9. The molecule has 0 atom stereocenters. The van der Waals surface area contributed by atoms with Crippen LogP contribution in [0.25, 0.3) is 22.3 Å². The second kappa shape index (κ2) is 11.9. The minimum Gasteiger partial charge on any atom is -0.311 e. The van der Waals surface area contributed by atoms with Crippen LogP contribution in [0.3, 0.4) is 0 Å². The molecule has 248 valence electrons. The van der Waals surface area contributed by atoms with E-state index in [1.807, 2.05) is 30.0 Å². The smallest absolute Gasteiger partial charge is 0.249 e. The van der Waals surface area contributed by atoms with Gasteiger partial charge in [0.15, 0.2) is 8.07 Å². The van der Waals surface area contributed by atoms with Gasteiger partial charge in [0, 0.05) is 26.7 Å². The van der Waals surface area contributed by atoms with Gasteiger partial charge < -0.3 is 4.90 Å². The monoisotopic (exact) mass is 713 g/mol. The molecule has 3 aliphatic rings. The number of hydrogen-bond acceptors (Lipinski definition) is 2. The van der Waals surface area contributed by atoms with E-state index in [9.17, 15) is 0 Å². The summed E-state index contributed by atoms with van der Waals surface area (Å²) in [7, 11) is -3.52. The Bertz CT molecular complexity index is 3000. The van der Waals surface area contributed by atoms with E-state index in [0.717, 1.165) is 65.5 Å². The molecule has 4 heteroatoms. The highest BCUT2D eigenvalue weighted by Crippen LogP contribution is 2.46. The van der Waals surface area contributed by atoms with Gasteiger partial charge in [-0.15, -0.1) is 0 Å². The molecule has 8 aromatic rings. The SMILES string of the molecule is [2H]c1cc([Si]2(c3cc([2H])c([2H])c([2H])c3)c3ccccc3-c3cc4c(cc32)B2c3ccccc3Sc3cc(C)cc(c32)N4c2ccccc2-c2ccccc2)cc([2H])c1[2H]. The first kappa shape index (κ1) is 25.2. The van der Waals surface area contributed by atoms with Gasteiger partial charge in [0.05, 0.1) is 13.9 Å². The summed E-state index contributed by atoms with van der Waals surface area (Å²) < 4.78 is 52.9. The summed E-state index contributed by atoms with van der Waals surface area (Å²) in [6, 6.07) is 52.1. The van der Waals surface area contributed by atoms with Crippen molar-refractivity contribution in [2.45, 2.75) is 16.7 Å². The van der Waals surface area contributed by atoms with Crippen LogP contribution < -0.4 is 42.0 Å². The number of rotatable bonds is 4. The van der Waals surface area contributed by atoms with Crippen LogP contribution in [-0.2, 0) is 0 Å². The van der Waals surface area contributed by atoms with Crippen LogP contribution in [-0.4, -0.2) is 14.8 Å². The van der Waals surface area contributed by atoms with Gasteiger partial charge in [0.1, 0.15) is 0 Å². The Labute approximate surface area is 325 Å². The van der Waals surface area contributed by atoms with Crippen molar-refractivity contribution in [1.82, 2.24) is 0 Å². The molecule has 0 aromatic heterocycles. The highest BCUT2D eigenvalue weighted by atomic mass is 32.2. The van der Waals surface area contributed by atoms with Gasteiger partial charge in [0.2, 0.25) is 6.71 Å². The number of hydrogen-bond donors (Lipinski definition) is 0. The van der Waals surface area contributed by atoms with Gasteiger partial charge in [-0.2, -0.15) is 0 Å². The van der Waals surface area contributed by atoms with Crippen LogP contribution in [0.5, 0.6) is 0 Å². The lowest BCUT2D eigenvalue weighted by molar-refractivity contribution is 1.25. The second-order valence-electron chi connectivity index (χ2n) is 14.1. The van der Waals surface area contributed by atoms with Gasteiger partial charge >= 0.3 is 0 Å². The molecule has 53 heavy (non-hydrogen) atoms. The largest absolute Gasteiger partial charge is 0.311 e. The van der Waals surface area contributed by atoms with Gasteiger partial charge in [-0.25, -0.2) is 0 Å². The molecular formula is C49H34BNSSi. The summed E-state index contributed by atoms with van der Waals surface area (Å²) >= 11 is 1.82. The lowest BCUT2D eigenvalue weighted by Gasteiger charge is -2.42. The third-order valence-electron chi connectivity index (χ3n) is 11.3. The van der Waals surface area contributed by atoms with Crippen molar-refractivity contribution in [2.75, 3.05) is 4.90 Å². The Morgan fingerprint density at radius 3 is 1.94 bits per heavy atom. The maximum absolute atomic E-state index is 8.94. The average molecular weight is 714 g/mol. The maximum Gasteiger partial charge on any atom is 0.249 e. The predicted molar refractivity (Wildman–Crippen MR) is 229 cm³/mol. The quantitative estimate of drug-likeness (QED) is 0.172. The molecule has 0 saturated heterocycles. The fourth-order valence-corrected chi connectivity index (χ4v) is 15.5. The molecule has 0 aliphatic carbocycles. The van der Waals surface area contributed by atoms with Crippen molar-refractivity contribution in [3.05, 3.63) is 193 Å². The average Bonchev–Trinajstić information content (AvgIpc) is 3.53. The summed E-state index contributed by atoms with van der Waals surface area (Å²) in [5, 5.41) is 3.60. The van der Waals surface area contributed by atoms with Crippen LogP contribution in [0.4, 0.5) is 17.1 Å². The molecule has 0 saturated carbocycles. The number of fused-ring (bicyclic) bond motifs is 7. The zero-order valence-electron chi connectivity index (χ0n) is 34.9. The van der Waals surface area contributed by atoms with Crippen LogP contribution in [0.15, 0.2) is 198 Å². The van der Waals surface area contributed by atoms with Gasteiger partial charge in [-0.05, 0) is 91.2 Å². The topological polar surface area (TPSA) is 3.24 Å². The molecule has 0 amide bonds. The minimum absolute atomic E-state index is 0.0339. The number of nitrogens with zero attached hydrogens (tertiary/aromatic N) is 1. The standard InChI is InChI=1S/C49H34BNSSi/c1-33-29-44-49-46(30-33)52-45-27-15-13-25-40(45)50(49)41-32-48-39(31-43(41)51(44)42-26-14-11-23-37(42)34-17-5-2-6-18-34)38-24-12-16-28-47(38)53(48,35-19-7-3-8-20-35)36-21-9-4-10-22-36/h2-32H,1H3/i3D,4D,7D,8D,9D,10D. The first-order valence-corrected chi connectivity index (χ1v) is 20.8. The summed E-state index contributed by atoms with van der Waals surface area (Å²) in [6.07, 6.45) is 0. The fraction of sp³-hybridized carbons (Fsp3) is 0.0204. The predicted octanol–water partition coefficient (Wildman–Crippen LogP) is 7.78. The Hall–Kier alpha value is -5.81. The Morgan fingerprint density at radius 2 is 1.17 bits per heavy atom. The van der Waals surface area contributed by atoms with Crippen molar-refractivity contribution >= 4 is 80.7 Å². The molecule has 0 spiro atoms. The molecule has 1 nitrogen and oxygen atoms in total. The van der Waals surface area contributed by atoms with E-state index < -0.39 is 8.07 Å². The molecule has 0 radical (unpaired) electrons. The number of aryl methyl sites for hydroxylation is 1. The molecule has 0 fully saturated rings. The molecule has 11 rings (SSSR count). The van der Waals surface area contributed by atoms with E-state index in [-0.39, 0.29) is 43.0 Å². The molecule has 0 unspecified atom stereocenters. The van der Waals surface area contributed by atoms with E-state index in [1.54, 1.807) is 24.3 Å².